The van der Waals surface area contributed by atoms with Gasteiger partial charge >= 0.3 is 0 Å². The molecule has 0 radical (unpaired) electrons. The molecule has 0 unspecified atom stereocenters. The van der Waals surface area contributed by atoms with E-state index in [-0.39, 0.29) is 29.2 Å². The quantitative estimate of drug-likeness (QED) is 0.871. The largest absolute Gasteiger partial charge is 0.325 e. The second-order valence-corrected chi connectivity index (χ2v) is 8.54. The maximum Gasteiger partial charge on any atom is 0.238 e. The summed E-state index contributed by atoms with van der Waals surface area (Å²) in [7, 11) is -3.26. The molecule has 0 bridgehead atoms. The van der Waals surface area contributed by atoms with Crippen LogP contribution in [0.2, 0.25) is 0 Å². The molecule has 0 saturated carbocycles. The Morgan fingerprint density at radius 2 is 1.81 bits per heavy atom. The fourth-order valence-corrected chi connectivity index (χ4v) is 3.88. The number of sulfone groups is 1. The smallest absolute Gasteiger partial charge is 0.238 e. The van der Waals surface area contributed by atoms with Gasteiger partial charge in [-0.15, -0.1) is 0 Å². The van der Waals surface area contributed by atoms with Crippen molar-refractivity contribution in [1.82, 2.24) is 4.90 Å². The molecule has 1 aliphatic heterocycles. The van der Waals surface area contributed by atoms with Gasteiger partial charge in [0.15, 0.2) is 9.84 Å². The SMILES string of the molecule is CS(=O)(=O)c1ccc(NC(=O)CN2CCC[C@@H]2c2ccc(F)cc2)cc1. The molecule has 0 aliphatic carbocycles. The minimum Gasteiger partial charge on any atom is -0.325 e. The van der Waals surface area contributed by atoms with Crippen molar-refractivity contribution >= 4 is 21.4 Å². The number of likely N-dealkylation sites (tertiary alicyclic amines) is 1. The van der Waals surface area contributed by atoms with Crippen molar-refractivity contribution in [3.8, 4) is 0 Å². The zero-order chi connectivity index (χ0) is 18.7. The molecule has 7 heteroatoms. The fourth-order valence-electron chi connectivity index (χ4n) is 3.25. The average molecular weight is 376 g/mol. The molecular weight excluding hydrogens is 355 g/mol. The third-order valence-electron chi connectivity index (χ3n) is 4.53. The van der Waals surface area contributed by atoms with Crippen molar-refractivity contribution in [1.29, 1.82) is 0 Å². The summed E-state index contributed by atoms with van der Waals surface area (Å²) >= 11 is 0. The third-order valence-corrected chi connectivity index (χ3v) is 5.66. The highest BCUT2D eigenvalue weighted by Gasteiger charge is 2.27. The fraction of sp³-hybridized carbons (Fsp3) is 0.316. The Kier molecular flexibility index (Phi) is 5.38. The number of hydrogen-bond acceptors (Lipinski definition) is 4. The Labute approximate surface area is 152 Å². The van der Waals surface area contributed by atoms with Gasteiger partial charge in [-0.05, 0) is 61.3 Å². The highest BCUT2D eigenvalue weighted by Crippen LogP contribution is 2.31. The number of rotatable bonds is 5. The Morgan fingerprint density at radius 1 is 1.15 bits per heavy atom. The van der Waals surface area contributed by atoms with E-state index in [1.54, 1.807) is 24.3 Å². The van der Waals surface area contributed by atoms with Gasteiger partial charge in [0.05, 0.1) is 11.4 Å². The van der Waals surface area contributed by atoms with E-state index >= 15 is 0 Å². The molecule has 1 saturated heterocycles. The molecule has 5 nitrogen and oxygen atoms in total. The summed E-state index contributed by atoms with van der Waals surface area (Å²) in [5.74, 6) is -0.431. The Balaban J connectivity index is 1.63. The number of nitrogens with zero attached hydrogens (tertiary/aromatic N) is 1. The molecule has 1 heterocycles. The first-order valence-electron chi connectivity index (χ1n) is 8.42. The standard InChI is InChI=1S/C19H21FN2O3S/c1-26(24,25)17-10-8-16(9-11-17)21-19(23)13-22-12-2-3-18(22)14-4-6-15(20)7-5-14/h4-11,18H,2-3,12-13H2,1H3,(H,21,23)/t18-/m1/s1. The summed E-state index contributed by atoms with van der Waals surface area (Å²) in [6.45, 7) is 1.04. The predicted molar refractivity (Wildman–Crippen MR) is 98.1 cm³/mol. The van der Waals surface area contributed by atoms with E-state index in [9.17, 15) is 17.6 Å². The maximum absolute atomic E-state index is 13.1. The van der Waals surface area contributed by atoms with Gasteiger partial charge in [-0.1, -0.05) is 12.1 Å². The minimum absolute atomic E-state index is 0.106. The lowest BCUT2D eigenvalue weighted by Crippen LogP contribution is -2.32. The molecule has 1 N–H and O–H groups in total. The van der Waals surface area contributed by atoms with Crippen LogP contribution in [0.4, 0.5) is 10.1 Å². The van der Waals surface area contributed by atoms with Crippen LogP contribution in [0.25, 0.3) is 0 Å². The molecule has 0 aromatic heterocycles. The number of anilines is 1. The first-order chi connectivity index (χ1) is 12.3. The van der Waals surface area contributed by atoms with Crippen molar-refractivity contribution < 1.29 is 17.6 Å². The van der Waals surface area contributed by atoms with Gasteiger partial charge in [0.2, 0.25) is 5.91 Å². The minimum atomic E-state index is -3.26. The summed E-state index contributed by atoms with van der Waals surface area (Å²) in [6, 6.07) is 12.6. The van der Waals surface area contributed by atoms with E-state index in [1.807, 2.05) is 0 Å². The van der Waals surface area contributed by atoms with E-state index in [1.165, 1.54) is 24.3 Å². The number of benzene rings is 2. The zero-order valence-electron chi connectivity index (χ0n) is 14.5. The summed E-state index contributed by atoms with van der Waals surface area (Å²) in [6.07, 6.45) is 3.06. The van der Waals surface area contributed by atoms with Crippen LogP contribution in [0, 0.1) is 5.82 Å². The number of nitrogens with one attached hydrogen (secondary N) is 1. The van der Waals surface area contributed by atoms with Gasteiger partial charge in [0, 0.05) is 18.0 Å². The van der Waals surface area contributed by atoms with Crippen LogP contribution in [-0.4, -0.2) is 38.6 Å². The highest BCUT2D eigenvalue weighted by molar-refractivity contribution is 7.90. The van der Waals surface area contributed by atoms with Crippen molar-refractivity contribution in [2.45, 2.75) is 23.8 Å². The highest BCUT2D eigenvalue weighted by atomic mass is 32.2. The van der Waals surface area contributed by atoms with Crippen LogP contribution in [0.1, 0.15) is 24.4 Å². The van der Waals surface area contributed by atoms with Crippen LogP contribution in [0.3, 0.4) is 0 Å². The summed E-state index contributed by atoms with van der Waals surface area (Å²) in [5, 5.41) is 2.79. The molecule has 138 valence electrons. The monoisotopic (exact) mass is 376 g/mol. The lowest BCUT2D eigenvalue weighted by Gasteiger charge is -2.24. The molecule has 1 atom stereocenters. The van der Waals surface area contributed by atoms with Crippen molar-refractivity contribution in [3.05, 3.63) is 59.9 Å². The van der Waals surface area contributed by atoms with Gasteiger partial charge in [0.1, 0.15) is 5.82 Å². The Morgan fingerprint density at radius 3 is 2.42 bits per heavy atom. The van der Waals surface area contributed by atoms with Crippen LogP contribution < -0.4 is 5.32 Å². The summed E-state index contributed by atoms with van der Waals surface area (Å²) in [4.78, 5) is 14.6. The van der Waals surface area contributed by atoms with Crippen LogP contribution in [-0.2, 0) is 14.6 Å². The predicted octanol–water partition coefficient (Wildman–Crippen LogP) is 3.00. The van der Waals surface area contributed by atoms with E-state index < -0.39 is 9.84 Å². The molecule has 1 fully saturated rings. The third kappa shape index (κ3) is 4.47. The zero-order valence-corrected chi connectivity index (χ0v) is 15.3. The molecule has 2 aromatic rings. The van der Waals surface area contributed by atoms with Crippen LogP contribution >= 0.6 is 0 Å². The average Bonchev–Trinajstić information content (AvgIpc) is 3.03. The molecule has 26 heavy (non-hydrogen) atoms. The van der Waals surface area contributed by atoms with Gasteiger partial charge in [-0.2, -0.15) is 0 Å². The Bertz CT molecular complexity index is 880. The number of amides is 1. The van der Waals surface area contributed by atoms with E-state index in [0.29, 0.717) is 5.69 Å². The Hall–Kier alpha value is -2.25. The summed E-state index contributed by atoms with van der Waals surface area (Å²) in [5.41, 5.74) is 1.56. The second kappa shape index (κ2) is 7.55. The normalized spacial score (nSPS) is 18.0. The number of halogens is 1. The van der Waals surface area contributed by atoms with Gasteiger partial charge in [-0.25, -0.2) is 12.8 Å². The molecule has 0 spiro atoms. The first-order valence-corrected chi connectivity index (χ1v) is 10.3. The van der Waals surface area contributed by atoms with Crippen molar-refractivity contribution in [3.63, 3.8) is 0 Å². The second-order valence-electron chi connectivity index (χ2n) is 6.52. The van der Waals surface area contributed by atoms with Gasteiger partial charge in [0.25, 0.3) is 0 Å². The number of hydrogen-bond donors (Lipinski definition) is 1. The van der Waals surface area contributed by atoms with E-state index in [4.69, 9.17) is 0 Å². The molecular formula is C19H21FN2O3S. The molecule has 2 aromatic carbocycles. The molecule has 1 aliphatic rings. The topological polar surface area (TPSA) is 66.5 Å². The van der Waals surface area contributed by atoms with Crippen molar-refractivity contribution in [2.24, 2.45) is 0 Å². The van der Waals surface area contributed by atoms with Crippen LogP contribution in [0.5, 0.6) is 0 Å². The van der Waals surface area contributed by atoms with E-state index in [2.05, 4.69) is 10.2 Å². The first kappa shape index (κ1) is 18.5. The number of carbonyl (C=O) groups excluding carboxylic acids is 1. The molecule has 1 amide bonds. The van der Waals surface area contributed by atoms with Gasteiger partial charge in [-0.3, -0.25) is 9.69 Å². The van der Waals surface area contributed by atoms with Crippen molar-refractivity contribution in [2.75, 3.05) is 24.7 Å². The van der Waals surface area contributed by atoms with E-state index in [0.717, 1.165) is 31.2 Å². The summed E-state index contributed by atoms with van der Waals surface area (Å²) < 4.78 is 36.1. The number of carbonyl (C=O) groups is 1. The lowest BCUT2D eigenvalue weighted by molar-refractivity contribution is -0.117. The maximum atomic E-state index is 13.1. The lowest BCUT2D eigenvalue weighted by atomic mass is 10.0. The van der Waals surface area contributed by atoms with Crippen LogP contribution in [0.15, 0.2) is 53.4 Å². The van der Waals surface area contributed by atoms with Gasteiger partial charge < -0.3 is 5.32 Å². The molecule has 3 rings (SSSR count).